The number of carbonyl (C=O) groups excluding carboxylic acids is 1. The van der Waals surface area contributed by atoms with Crippen LogP contribution in [0.1, 0.15) is 11.4 Å². The van der Waals surface area contributed by atoms with Crippen LogP contribution in [0.5, 0.6) is 5.75 Å². The molecule has 2 N–H and O–H groups in total. The molecule has 1 aliphatic heterocycles. The SMILES string of the molecule is O=C(NCCc1ncn[nH]1)C1=Cc2cc(Cl)ccc2OC1. The quantitative estimate of drug-likeness (QED) is 0.899. The van der Waals surface area contributed by atoms with Crippen molar-refractivity contribution in [3.05, 3.63) is 46.5 Å². The van der Waals surface area contributed by atoms with Crippen LogP contribution in [0.25, 0.3) is 6.08 Å². The van der Waals surface area contributed by atoms with Crippen LogP contribution in [0, 0.1) is 0 Å². The average Bonchev–Trinajstić information content (AvgIpc) is 2.99. The highest BCUT2D eigenvalue weighted by Crippen LogP contribution is 2.28. The van der Waals surface area contributed by atoms with Crippen molar-refractivity contribution in [2.24, 2.45) is 0 Å². The van der Waals surface area contributed by atoms with E-state index in [-0.39, 0.29) is 12.5 Å². The van der Waals surface area contributed by atoms with E-state index in [0.29, 0.717) is 23.6 Å². The maximum atomic E-state index is 12.1. The van der Waals surface area contributed by atoms with Gasteiger partial charge in [0.2, 0.25) is 0 Å². The van der Waals surface area contributed by atoms with Gasteiger partial charge in [0, 0.05) is 23.6 Å². The van der Waals surface area contributed by atoms with Crippen molar-refractivity contribution in [3.8, 4) is 5.75 Å². The molecule has 0 unspecified atom stereocenters. The van der Waals surface area contributed by atoms with Gasteiger partial charge in [-0.2, -0.15) is 5.10 Å². The molecular formula is C14H13ClN4O2. The lowest BCUT2D eigenvalue weighted by atomic mass is 10.1. The van der Waals surface area contributed by atoms with E-state index < -0.39 is 0 Å². The summed E-state index contributed by atoms with van der Waals surface area (Å²) in [6.07, 6.45) is 3.84. The van der Waals surface area contributed by atoms with Crippen LogP contribution in [0.3, 0.4) is 0 Å². The first-order chi connectivity index (χ1) is 10.2. The van der Waals surface area contributed by atoms with E-state index >= 15 is 0 Å². The molecule has 1 amide bonds. The molecule has 0 atom stereocenters. The fourth-order valence-electron chi connectivity index (χ4n) is 2.04. The number of rotatable bonds is 4. The van der Waals surface area contributed by atoms with Gasteiger partial charge in [-0.3, -0.25) is 9.89 Å². The van der Waals surface area contributed by atoms with Crippen molar-refractivity contribution in [3.63, 3.8) is 0 Å². The Morgan fingerprint density at radius 2 is 2.38 bits per heavy atom. The second kappa shape index (κ2) is 5.97. The average molecular weight is 305 g/mol. The van der Waals surface area contributed by atoms with Gasteiger partial charge in [-0.1, -0.05) is 11.6 Å². The van der Waals surface area contributed by atoms with Crippen molar-refractivity contribution >= 4 is 23.6 Å². The summed E-state index contributed by atoms with van der Waals surface area (Å²) in [6.45, 7) is 0.733. The van der Waals surface area contributed by atoms with Crippen molar-refractivity contribution in [2.75, 3.05) is 13.2 Å². The zero-order chi connectivity index (χ0) is 14.7. The molecule has 0 aliphatic carbocycles. The zero-order valence-corrected chi connectivity index (χ0v) is 11.9. The normalized spacial score (nSPS) is 13.1. The number of hydrogen-bond acceptors (Lipinski definition) is 4. The minimum Gasteiger partial charge on any atom is -0.488 e. The van der Waals surface area contributed by atoms with Crippen molar-refractivity contribution in [1.29, 1.82) is 0 Å². The maximum Gasteiger partial charge on any atom is 0.250 e. The number of aromatic nitrogens is 3. The van der Waals surface area contributed by atoms with Crippen LogP contribution in [0.15, 0.2) is 30.1 Å². The van der Waals surface area contributed by atoms with E-state index in [1.54, 1.807) is 24.3 Å². The van der Waals surface area contributed by atoms with E-state index in [0.717, 1.165) is 17.1 Å². The summed E-state index contributed by atoms with van der Waals surface area (Å²) in [5, 5.41) is 9.93. The molecule has 0 radical (unpaired) electrons. The van der Waals surface area contributed by atoms with Gasteiger partial charge in [0.15, 0.2) is 0 Å². The molecule has 0 spiro atoms. The van der Waals surface area contributed by atoms with Crippen LogP contribution in [-0.4, -0.2) is 34.2 Å². The minimum atomic E-state index is -0.153. The minimum absolute atomic E-state index is 0.153. The van der Waals surface area contributed by atoms with Gasteiger partial charge in [-0.15, -0.1) is 0 Å². The van der Waals surface area contributed by atoms with Crippen LogP contribution >= 0.6 is 11.6 Å². The van der Waals surface area contributed by atoms with Crippen molar-refractivity contribution < 1.29 is 9.53 Å². The van der Waals surface area contributed by atoms with Crippen LogP contribution in [-0.2, 0) is 11.2 Å². The smallest absolute Gasteiger partial charge is 0.250 e. The molecule has 108 valence electrons. The summed E-state index contributed by atoms with van der Waals surface area (Å²) in [5.41, 5.74) is 1.39. The van der Waals surface area contributed by atoms with Gasteiger partial charge in [0.1, 0.15) is 24.5 Å². The third kappa shape index (κ3) is 3.22. The summed E-state index contributed by atoms with van der Waals surface area (Å²) in [7, 11) is 0. The fraction of sp³-hybridized carbons (Fsp3) is 0.214. The highest BCUT2D eigenvalue weighted by molar-refractivity contribution is 6.30. The van der Waals surface area contributed by atoms with Gasteiger partial charge < -0.3 is 10.1 Å². The standard InChI is InChI=1S/C14H13ClN4O2/c15-11-1-2-12-9(6-11)5-10(7-21-12)14(20)16-4-3-13-17-8-18-19-13/h1-2,5-6,8H,3-4,7H2,(H,16,20)(H,17,18,19). The first-order valence-corrected chi connectivity index (χ1v) is 6.85. The number of amides is 1. The number of ether oxygens (including phenoxy) is 1. The second-order valence-electron chi connectivity index (χ2n) is 4.58. The number of H-pyrrole nitrogens is 1. The molecule has 21 heavy (non-hydrogen) atoms. The van der Waals surface area contributed by atoms with E-state index in [4.69, 9.17) is 16.3 Å². The topological polar surface area (TPSA) is 79.9 Å². The predicted molar refractivity (Wildman–Crippen MR) is 78.0 cm³/mol. The Labute approximate surface area is 126 Å². The molecule has 1 aromatic heterocycles. The van der Waals surface area contributed by atoms with E-state index in [2.05, 4.69) is 20.5 Å². The predicted octanol–water partition coefficient (Wildman–Crippen LogP) is 1.59. The summed E-state index contributed by atoms with van der Waals surface area (Å²) < 4.78 is 5.55. The lowest BCUT2D eigenvalue weighted by Gasteiger charge is -2.17. The number of nitrogens with one attached hydrogen (secondary N) is 2. The molecule has 1 aliphatic rings. The highest BCUT2D eigenvalue weighted by Gasteiger charge is 2.17. The Balaban J connectivity index is 1.62. The first kappa shape index (κ1) is 13.6. The van der Waals surface area contributed by atoms with Gasteiger partial charge in [-0.25, -0.2) is 4.98 Å². The molecule has 6 nitrogen and oxygen atoms in total. The lowest BCUT2D eigenvalue weighted by Crippen LogP contribution is -2.30. The van der Waals surface area contributed by atoms with Crippen LogP contribution in [0.2, 0.25) is 5.02 Å². The van der Waals surface area contributed by atoms with Crippen LogP contribution < -0.4 is 10.1 Å². The molecule has 0 fully saturated rings. The molecule has 1 aromatic carbocycles. The molecule has 0 saturated heterocycles. The third-order valence-corrected chi connectivity index (χ3v) is 3.32. The molecule has 3 rings (SSSR count). The summed E-state index contributed by atoms with van der Waals surface area (Å²) in [6, 6.07) is 5.33. The number of carbonyl (C=O) groups is 1. The monoisotopic (exact) mass is 304 g/mol. The maximum absolute atomic E-state index is 12.1. The Bertz CT molecular complexity index is 682. The number of halogens is 1. The Morgan fingerprint density at radius 1 is 1.48 bits per heavy atom. The van der Waals surface area contributed by atoms with E-state index in [1.165, 1.54) is 6.33 Å². The molecular weight excluding hydrogens is 292 g/mol. The fourth-order valence-corrected chi connectivity index (χ4v) is 2.22. The third-order valence-electron chi connectivity index (χ3n) is 3.09. The van der Waals surface area contributed by atoms with Gasteiger partial charge in [0.25, 0.3) is 5.91 Å². The van der Waals surface area contributed by atoms with Gasteiger partial charge in [-0.05, 0) is 24.3 Å². The van der Waals surface area contributed by atoms with Crippen molar-refractivity contribution in [2.45, 2.75) is 6.42 Å². The zero-order valence-electron chi connectivity index (χ0n) is 11.1. The first-order valence-electron chi connectivity index (χ1n) is 6.48. The van der Waals surface area contributed by atoms with Gasteiger partial charge in [0.05, 0.1) is 5.57 Å². The van der Waals surface area contributed by atoms with Crippen molar-refractivity contribution in [1.82, 2.24) is 20.5 Å². The highest BCUT2D eigenvalue weighted by atomic mass is 35.5. The van der Waals surface area contributed by atoms with E-state index in [9.17, 15) is 4.79 Å². The number of aromatic amines is 1. The largest absolute Gasteiger partial charge is 0.488 e. The van der Waals surface area contributed by atoms with Crippen LogP contribution in [0.4, 0.5) is 0 Å². The molecule has 7 heteroatoms. The number of hydrogen-bond donors (Lipinski definition) is 2. The summed E-state index contributed by atoms with van der Waals surface area (Å²) in [4.78, 5) is 16.1. The van der Waals surface area contributed by atoms with Gasteiger partial charge >= 0.3 is 0 Å². The number of fused-ring (bicyclic) bond motifs is 1. The lowest BCUT2D eigenvalue weighted by molar-refractivity contribution is -0.117. The van der Waals surface area contributed by atoms with E-state index in [1.807, 2.05) is 0 Å². The number of nitrogens with zero attached hydrogens (tertiary/aromatic N) is 2. The Morgan fingerprint density at radius 3 is 3.19 bits per heavy atom. The summed E-state index contributed by atoms with van der Waals surface area (Å²) in [5.74, 6) is 1.32. The Hall–Kier alpha value is -2.34. The second-order valence-corrected chi connectivity index (χ2v) is 5.01. The number of benzene rings is 1. The summed E-state index contributed by atoms with van der Waals surface area (Å²) >= 11 is 5.94. The molecule has 2 aromatic rings. The Kier molecular flexibility index (Phi) is 3.87. The molecule has 0 bridgehead atoms. The molecule has 0 saturated carbocycles. The molecule has 2 heterocycles.